The van der Waals surface area contributed by atoms with Crippen LogP contribution >= 0.6 is 0 Å². The van der Waals surface area contributed by atoms with Gasteiger partial charge in [-0.2, -0.15) is 5.26 Å². The van der Waals surface area contributed by atoms with Gasteiger partial charge in [0, 0.05) is 17.4 Å². The molecular weight excluding hydrogens is 370 g/mol. The summed E-state index contributed by atoms with van der Waals surface area (Å²) in [5.74, 6) is -1.05. The molecule has 29 heavy (non-hydrogen) atoms. The molecule has 0 fully saturated rings. The van der Waals surface area contributed by atoms with E-state index in [0.29, 0.717) is 11.3 Å². The number of phenolic OH excluding ortho intramolecular Hbond substituents is 1. The van der Waals surface area contributed by atoms with Gasteiger partial charge in [-0.1, -0.05) is 12.1 Å². The Bertz CT molecular complexity index is 1100. The van der Waals surface area contributed by atoms with Crippen LogP contribution in [0.15, 0.2) is 60.8 Å². The highest BCUT2D eigenvalue weighted by atomic mass is 16.5. The van der Waals surface area contributed by atoms with E-state index in [-0.39, 0.29) is 34.9 Å². The van der Waals surface area contributed by atoms with Crippen LogP contribution in [-0.4, -0.2) is 28.4 Å². The number of aromatic nitrogens is 1. The van der Waals surface area contributed by atoms with Crippen molar-refractivity contribution in [3.05, 3.63) is 83.0 Å². The monoisotopic (exact) mass is 387 g/mol. The van der Waals surface area contributed by atoms with Crippen LogP contribution in [0.4, 0.5) is 11.5 Å². The zero-order chi connectivity index (χ0) is 20.8. The maximum Gasteiger partial charge on any atom is 0.341 e. The lowest BCUT2D eigenvalue weighted by Gasteiger charge is -2.12. The average molecular weight is 387 g/mol. The van der Waals surface area contributed by atoms with Gasteiger partial charge >= 0.3 is 5.97 Å². The Morgan fingerprint density at radius 2 is 1.86 bits per heavy atom. The molecule has 1 heterocycles. The van der Waals surface area contributed by atoms with Crippen LogP contribution in [-0.2, 0) is 4.74 Å². The number of phenols is 1. The Hall–Kier alpha value is -4.18. The number of carbonyl (C=O) groups is 2. The van der Waals surface area contributed by atoms with Gasteiger partial charge in [-0.25, -0.2) is 9.78 Å². The fourth-order valence-corrected chi connectivity index (χ4v) is 2.64. The molecule has 0 amide bonds. The largest absolute Gasteiger partial charge is 0.507 e. The molecule has 0 aliphatic heterocycles. The number of ketones is 1. The summed E-state index contributed by atoms with van der Waals surface area (Å²) in [6, 6.07) is 16.2. The van der Waals surface area contributed by atoms with Gasteiger partial charge in [0.1, 0.15) is 17.1 Å². The van der Waals surface area contributed by atoms with Gasteiger partial charge in [0.25, 0.3) is 0 Å². The van der Waals surface area contributed by atoms with E-state index in [1.54, 1.807) is 43.3 Å². The number of esters is 1. The van der Waals surface area contributed by atoms with Crippen molar-refractivity contribution in [3.8, 4) is 11.8 Å². The first-order chi connectivity index (χ1) is 14.0. The summed E-state index contributed by atoms with van der Waals surface area (Å²) in [6.45, 7) is 1.84. The summed E-state index contributed by atoms with van der Waals surface area (Å²) in [5, 5.41) is 21.8. The summed E-state index contributed by atoms with van der Waals surface area (Å²) >= 11 is 0. The number of nitrogens with one attached hydrogen (secondary N) is 1. The van der Waals surface area contributed by atoms with E-state index < -0.39 is 11.8 Å². The number of benzene rings is 2. The first kappa shape index (κ1) is 19.6. The molecule has 0 radical (unpaired) electrons. The van der Waals surface area contributed by atoms with E-state index in [4.69, 9.17) is 10.00 Å². The van der Waals surface area contributed by atoms with Crippen molar-refractivity contribution in [2.75, 3.05) is 11.9 Å². The van der Waals surface area contributed by atoms with Gasteiger partial charge in [0.15, 0.2) is 5.78 Å². The van der Waals surface area contributed by atoms with Crippen LogP contribution in [0.2, 0.25) is 0 Å². The number of hydrogen-bond acceptors (Lipinski definition) is 7. The summed E-state index contributed by atoms with van der Waals surface area (Å²) in [6.07, 6.45) is 1.32. The van der Waals surface area contributed by atoms with Crippen LogP contribution in [0.5, 0.6) is 5.75 Å². The van der Waals surface area contributed by atoms with Gasteiger partial charge in [0.05, 0.1) is 23.8 Å². The van der Waals surface area contributed by atoms with E-state index in [0.717, 1.165) is 0 Å². The first-order valence-electron chi connectivity index (χ1n) is 8.80. The predicted molar refractivity (Wildman–Crippen MR) is 106 cm³/mol. The number of para-hydroxylation sites is 1. The molecule has 7 nitrogen and oxygen atoms in total. The van der Waals surface area contributed by atoms with E-state index in [9.17, 15) is 14.7 Å². The minimum absolute atomic E-state index is 0.0810. The number of rotatable bonds is 6. The molecule has 3 rings (SSSR count). The number of pyridine rings is 1. The molecule has 3 aromatic rings. The number of hydrogen-bond donors (Lipinski definition) is 2. The number of anilines is 2. The molecule has 0 aliphatic carbocycles. The lowest BCUT2D eigenvalue weighted by Crippen LogP contribution is -2.12. The molecule has 0 bridgehead atoms. The third kappa shape index (κ3) is 4.39. The summed E-state index contributed by atoms with van der Waals surface area (Å²) in [4.78, 5) is 29.4. The molecule has 7 heteroatoms. The number of nitrogens with zero attached hydrogens (tertiary/aromatic N) is 2. The van der Waals surface area contributed by atoms with Crippen molar-refractivity contribution in [1.29, 1.82) is 5.26 Å². The van der Waals surface area contributed by atoms with Gasteiger partial charge < -0.3 is 15.2 Å². The number of carbonyl (C=O) groups excluding carboxylic acids is 2. The maximum atomic E-state index is 12.7. The quantitative estimate of drug-likeness (QED) is 0.488. The lowest BCUT2D eigenvalue weighted by atomic mass is 10.0. The molecule has 1 aromatic heterocycles. The fraction of sp³-hybridized carbons (Fsp3) is 0.0909. The molecule has 144 valence electrons. The summed E-state index contributed by atoms with van der Waals surface area (Å²) in [7, 11) is 0. The minimum atomic E-state index is -0.636. The Morgan fingerprint density at radius 3 is 2.52 bits per heavy atom. The molecule has 2 N–H and O–H groups in total. The average Bonchev–Trinajstić information content (AvgIpc) is 2.74. The second-order valence-corrected chi connectivity index (χ2v) is 6.00. The van der Waals surface area contributed by atoms with Crippen LogP contribution < -0.4 is 5.32 Å². The minimum Gasteiger partial charge on any atom is -0.507 e. The fourth-order valence-electron chi connectivity index (χ4n) is 2.64. The predicted octanol–water partition coefficient (Wildman–Crippen LogP) is 3.81. The smallest absolute Gasteiger partial charge is 0.341 e. The lowest BCUT2D eigenvalue weighted by molar-refractivity contribution is 0.0527. The van der Waals surface area contributed by atoms with E-state index in [1.807, 2.05) is 6.07 Å². The molecule has 0 spiro atoms. The van der Waals surface area contributed by atoms with Crippen molar-refractivity contribution < 1.29 is 19.4 Å². The topological polar surface area (TPSA) is 112 Å². The number of nitriles is 1. The highest BCUT2D eigenvalue weighted by Crippen LogP contribution is 2.24. The standard InChI is InChI=1S/C22H17N3O4/c1-2-29-22(28)18-11-15(20(27)17-5-3-4-6-19(17)26)13-24-21(18)25-16-9-7-14(12-23)8-10-16/h3-11,13,26H,2H2,1H3,(H,24,25). The molecule has 0 saturated carbocycles. The highest BCUT2D eigenvalue weighted by Gasteiger charge is 2.20. The number of aromatic hydroxyl groups is 1. The normalized spacial score (nSPS) is 10.1. The van der Waals surface area contributed by atoms with Crippen LogP contribution in [0.3, 0.4) is 0 Å². The zero-order valence-electron chi connectivity index (χ0n) is 15.5. The first-order valence-corrected chi connectivity index (χ1v) is 8.80. The molecule has 0 atom stereocenters. The zero-order valence-corrected chi connectivity index (χ0v) is 15.5. The number of ether oxygens (including phenoxy) is 1. The van der Waals surface area contributed by atoms with Crippen molar-refractivity contribution in [3.63, 3.8) is 0 Å². The summed E-state index contributed by atoms with van der Waals surface area (Å²) in [5.41, 5.74) is 1.44. The summed E-state index contributed by atoms with van der Waals surface area (Å²) < 4.78 is 5.08. The Labute approximate surface area is 167 Å². The van der Waals surface area contributed by atoms with Crippen LogP contribution in [0.25, 0.3) is 0 Å². The third-order valence-electron chi connectivity index (χ3n) is 4.07. The molecular formula is C22H17N3O4. The van der Waals surface area contributed by atoms with Crippen molar-refractivity contribution in [2.45, 2.75) is 6.92 Å². The van der Waals surface area contributed by atoms with E-state index in [2.05, 4.69) is 10.3 Å². The molecule has 0 aliphatic rings. The molecule has 0 unspecified atom stereocenters. The molecule has 0 saturated heterocycles. The second-order valence-electron chi connectivity index (χ2n) is 6.00. The van der Waals surface area contributed by atoms with Gasteiger partial charge in [-0.15, -0.1) is 0 Å². The molecule has 2 aromatic carbocycles. The van der Waals surface area contributed by atoms with E-state index in [1.165, 1.54) is 24.4 Å². The van der Waals surface area contributed by atoms with E-state index >= 15 is 0 Å². The van der Waals surface area contributed by atoms with Crippen molar-refractivity contribution in [2.24, 2.45) is 0 Å². The Morgan fingerprint density at radius 1 is 1.14 bits per heavy atom. The third-order valence-corrected chi connectivity index (χ3v) is 4.07. The maximum absolute atomic E-state index is 12.7. The van der Waals surface area contributed by atoms with Gasteiger partial charge in [-0.3, -0.25) is 4.79 Å². The SMILES string of the molecule is CCOC(=O)c1cc(C(=O)c2ccccc2O)cnc1Nc1ccc(C#N)cc1. The Balaban J connectivity index is 1.98. The second kappa shape index (κ2) is 8.67. The van der Waals surface area contributed by atoms with Gasteiger partial charge in [-0.05, 0) is 49.4 Å². The van der Waals surface area contributed by atoms with Gasteiger partial charge in [0.2, 0.25) is 0 Å². The van der Waals surface area contributed by atoms with Crippen molar-refractivity contribution in [1.82, 2.24) is 4.98 Å². The van der Waals surface area contributed by atoms with Crippen LogP contribution in [0, 0.1) is 11.3 Å². The highest BCUT2D eigenvalue weighted by molar-refractivity contribution is 6.11. The Kier molecular flexibility index (Phi) is 5.85. The van der Waals surface area contributed by atoms with Crippen LogP contribution in [0.1, 0.15) is 38.8 Å². The van der Waals surface area contributed by atoms with Crippen molar-refractivity contribution >= 4 is 23.3 Å².